The Morgan fingerprint density at radius 1 is 1.54 bits per heavy atom. The van der Waals surface area contributed by atoms with Crippen molar-refractivity contribution in [2.75, 3.05) is 5.73 Å². The SMILES string of the molecule is CC1CC(C)(C)c2sc(Cl)c(N)c21. The van der Waals surface area contributed by atoms with Crippen molar-refractivity contribution in [2.24, 2.45) is 0 Å². The summed E-state index contributed by atoms with van der Waals surface area (Å²) in [5.41, 5.74) is 8.33. The van der Waals surface area contributed by atoms with E-state index in [0.717, 1.165) is 10.0 Å². The lowest BCUT2D eigenvalue weighted by molar-refractivity contribution is 0.495. The average molecular weight is 216 g/mol. The number of hydrogen-bond acceptors (Lipinski definition) is 2. The van der Waals surface area contributed by atoms with E-state index < -0.39 is 0 Å². The van der Waals surface area contributed by atoms with Gasteiger partial charge in [-0.15, -0.1) is 11.3 Å². The van der Waals surface area contributed by atoms with E-state index in [1.807, 2.05) is 0 Å². The first-order valence-electron chi connectivity index (χ1n) is 4.51. The molecule has 0 radical (unpaired) electrons. The lowest BCUT2D eigenvalue weighted by Crippen LogP contribution is -2.10. The quantitative estimate of drug-likeness (QED) is 0.701. The summed E-state index contributed by atoms with van der Waals surface area (Å²) in [6.45, 7) is 6.76. The number of nitrogens with two attached hydrogens (primary N) is 1. The van der Waals surface area contributed by atoms with Crippen LogP contribution in [0.15, 0.2) is 0 Å². The fraction of sp³-hybridized carbons (Fsp3) is 0.600. The first-order chi connectivity index (χ1) is 5.93. The predicted molar refractivity (Wildman–Crippen MR) is 59.8 cm³/mol. The summed E-state index contributed by atoms with van der Waals surface area (Å²) < 4.78 is 0.768. The lowest BCUT2D eigenvalue weighted by atomic mass is 9.91. The molecule has 0 saturated heterocycles. The van der Waals surface area contributed by atoms with E-state index in [2.05, 4.69) is 20.8 Å². The van der Waals surface area contributed by atoms with Gasteiger partial charge in [-0.05, 0) is 17.9 Å². The Balaban J connectivity index is 2.64. The largest absolute Gasteiger partial charge is 0.397 e. The van der Waals surface area contributed by atoms with Crippen molar-refractivity contribution in [3.8, 4) is 0 Å². The van der Waals surface area contributed by atoms with E-state index in [1.54, 1.807) is 11.3 Å². The molecule has 0 spiro atoms. The Morgan fingerprint density at radius 2 is 2.15 bits per heavy atom. The van der Waals surface area contributed by atoms with Crippen molar-refractivity contribution in [3.05, 3.63) is 14.8 Å². The van der Waals surface area contributed by atoms with Gasteiger partial charge < -0.3 is 5.73 Å². The molecule has 1 nitrogen and oxygen atoms in total. The number of thiophene rings is 1. The summed E-state index contributed by atoms with van der Waals surface area (Å²) >= 11 is 7.69. The van der Waals surface area contributed by atoms with Crippen molar-refractivity contribution in [3.63, 3.8) is 0 Å². The minimum absolute atomic E-state index is 0.265. The predicted octanol–water partition coefficient (Wildman–Crippen LogP) is 3.77. The molecule has 3 heteroatoms. The molecule has 1 aliphatic rings. The maximum Gasteiger partial charge on any atom is 0.116 e. The maximum atomic E-state index is 6.03. The lowest BCUT2D eigenvalue weighted by Gasteiger charge is -2.17. The Kier molecular flexibility index (Phi) is 1.90. The standard InChI is InChI=1S/C10H14ClNS/c1-5-4-10(2,3)8-6(5)7(12)9(11)13-8/h5H,4,12H2,1-3H3. The molecule has 1 heterocycles. The van der Waals surface area contributed by atoms with E-state index >= 15 is 0 Å². The fourth-order valence-corrected chi connectivity index (χ4v) is 3.89. The molecule has 0 aliphatic heterocycles. The van der Waals surface area contributed by atoms with Crippen LogP contribution in [0.5, 0.6) is 0 Å². The maximum absolute atomic E-state index is 6.03. The van der Waals surface area contributed by atoms with E-state index in [4.69, 9.17) is 17.3 Å². The second-order valence-electron chi connectivity index (χ2n) is 4.52. The summed E-state index contributed by atoms with van der Waals surface area (Å²) in [6.07, 6.45) is 1.19. The van der Waals surface area contributed by atoms with E-state index in [-0.39, 0.29) is 5.41 Å². The van der Waals surface area contributed by atoms with Crippen LogP contribution in [0.2, 0.25) is 4.34 Å². The Hall–Kier alpha value is -0.210. The molecule has 0 saturated carbocycles. The van der Waals surface area contributed by atoms with Crippen LogP contribution in [0.3, 0.4) is 0 Å². The Bertz CT molecular complexity index is 354. The number of rotatable bonds is 0. The van der Waals surface area contributed by atoms with Crippen LogP contribution >= 0.6 is 22.9 Å². The van der Waals surface area contributed by atoms with Gasteiger partial charge in [0.2, 0.25) is 0 Å². The van der Waals surface area contributed by atoms with Gasteiger partial charge in [-0.25, -0.2) is 0 Å². The first-order valence-corrected chi connectivity index (χ1v) is 5.71. The molecule has 1 aromatic heterocycles. The third kappa shape index (κ3) is 1.19. The topological polar surface area (TPSA) is 26.0 Å². The molecule has 1 aliphatic carbocycles. The van der Waals surface area contributed by atoms with E-state index in [0.29, 0.717) is 5.92 Å². The highest BCUT2D eigenvalue weighted by atomic mass is 35.5. The summed E-state index contributed by atoms with van der Waals surface area (Å²) in [4.78, 5) is 1.39. The highest BCUT2D eigenvalue weighted by Gasteiger charge is 2.38. The van der Waals surface area contributed by atoms with Gasteiger partial charge in [-0.3, -0.25) is 0 Å². The first kappa shape index (κ1) is 9.35. The average Bonchev–Trinajstić information content (AvgIpc) is 2.38. The molecule has 2 rings (SSSR count). The van der Waals surface area contributed by atoms with Gasteiger partial charge in [0.25, 0.3) is 0 Å². The van der Waals surface area contributed by atoms with Crippen LogP contribution < -0.4 is 5.73 Å². The van der Waals surface area contributed by atoms with Gasteiger partial charge in [0.05, 0.1) is 5.69 Å². The zero-order chi connectivity index (χ0) is 9.80. The van der Waals surface area contributed by atoms with Crippen LogP contribution in [-0.2, 0) is 5.41 Å². The van der Waals surface area contributed by atoms with Gasteiger partial charge in [-0.2, -0.15) is 0 Å². The highest BCUT2D eigenvalue weighted by Crippen LogP contribution is 2.54. The van der Waals surface area contributed by atoms with Gasteiger partial charge in [0.15, 0.2) is 0 Å². The van der Waals surface area contributed by atoms with Gasteiger partial charge >= 0.3 is 0 Å². The van der Waals surface area contributed by atoms with Crippen LogP contribution in [0.25, 0.3) is 0 Å². The fourth-order valence-electron chi connectivity index (χ4n) is 2.38. The summed E-state index contributed by atoms with van der Waals surface area (Å²) in [5.74, 6) is 0.564. The molecular formula is C10H14ClNS. The molecular weight excluding hydrogens is 202 g/mol. The molecule has 1 unspecified atom stereocenters. The minimum atomic E-state index is 0.265. The van der Waals surface area contributed by atoms with Crippen LogP contribution in [0, 0.1) is 0 Å². The van der Waals surface area contributed by atoms with Crippen molar-refractivity contribution < 1.29 is 0 Å². The third-order valence-corrected chi connectivity index (χ3v) is 4.67. The van der Waals surface area contributed by atoms with Crippen LogP contribution in [0.4, 0.5) is 5.69 Å². The molecule has 72 valence electrons. The second-order valence-corrected chi connectivity index (χ2v) is 6.14. The van der Waals surface area contributed by atoms with Crippen molar-refractivity contribution in [1.82, 2.24) is 0 Å². The molecule has 13 heavy (non-hydrogen) atoms. The number of nitrogen functional groups attached to an aromatic ring is 1. The second kappa shape index (κ2) is 2.64. The monoisotopic (exact) mass is 215 g/mol. The summed E-state index contributed by atoms with van der Waals surface area (Å²) in [6, 6.07) is 0. The zero-order valence-electron chi connectivity index (χ0n) is 8.15. The molecule has 2 N–H and O–H groups in total. The van der Waals surface area contributed by atoms with Gasteiger partial charge in [0.1, 0.15) is 4.34 Å². The van der Waals surface area contributed by atoms with E-state index in [9.17, 15) is 0 Å². The van der Waals surface area contributed by atoms with Crippen LogP contribution in [-0.4, -0.2) is 0 Å². The number of hydrogen-bond donors (Lipinski definition) is 1. The van der Waals surface area contributed by atoms with Crippen molar-refractivity contribution >= 4 is 28.6 Å². The summed E-state index contributed by atoms with van der Waals surface area (Å²) in [7, 11) is 0. The molecule has 0 bridgehead atoms. The van der Waals surface area contributed by atoms with Gasteiger partial charge in [0, 0.05) is 10.3 Å². The molecule has 1 atom stereocenters. The van der Waals surface area contributed by atoms with Crippen molar-refractivity contribution in [2.45, 2.75) is 38.5 Å². The number of anilines is 1. The third-order valence-electron chi connectivity index (χ3n) is 2.86. The number of halogens is 1. The van der Waals surface area contributed by atoms with Crippen LogP contribution in [0.1, 0.15) is 43.6 Å². The van der Waals surface area contributed by atoms with E-state index in [1.165, 1.54) is 16.9 Å². The molecule has 1 aromatic rings. The van der Waals surface area contributed by atoms with Crippen molar-refractivity contribution in [1.29, 1.82) is 0 Å². The molecule has 0 fully saturated rings. The smallest absolute Gasteiger partial charge is 0.116 e. The molecule has 0 aromatic carbocycles. The van der Waals surface area contributed by atoms with Gasteiger partial charge in [-0.1, -0.05) is 32.4 Å². The zero-order valence-corrected chi connectivity index (χ0v) is 9.72. The summed E-state index contributed by atoms with van der Waals surface area (Å²) in [5, 5.41) is 0. The Labute approximate surface area is 87.9 Å². The highest BCUT2D eigenvalue weighted by molar-refractivity contribution is 7.17. The number of fused-ring (bicyclic) bond motifs is 1. The molecule has 0 amide bonds. The minimum Gasteiger partial charge on any atom is -0.397 e. The normalized spacial score (nSPS) is 24.8. The Morgan fingerprint density at radius 3 is 2.69 bits per heavy atom.